The molecule has 1 aromatic rings. The number of benzene rings is 1. The van der Waals surface area contributed by atoms with Crippen LogP contribution in [-0.4, -0.2) is 11.1 Å². The minimum Gasteiger partial charge on any atom is -0.481 e. The number of carboxylic acids is 1. The lowest BCUT2D eigenvalue weighted by atomic mass is 9.89. The molecule has 1 aromatic carbocycles. The van der Waals surface area contributed by atoms with Crippen LogP contribution in [0.5, 0.6) is 0 Å². The van der Waals surface area contributed by atoms with Gasteiger partial charge in [-0.1, -0.05) is 38.1 Å². The average Bonchev–Trinajstić information content (AvgIpc) is 2.41. The van der Waals surface area contributed by atoms with Crippen molar-refractivity contribution in [2.24, 2.45) is 5.92 Å². The topological polar surface area (TPSA) is 37.3 Å². The summed E-state index contributed by atoms with van der Waals surface area (Å²) in [4.78, 5) is 11.1. The maximum Gasteiger partial charge on any atom is 0.307 e. The minimum absolute atomic E-state index is 0.138. The molecule has 1 aliphatic carbocycles. The summed E-state index contributed by atoms with van der Waals surface area (Å²) in [6, 6.07) is 8.04. The predicted molar refractivity (Wildman–Crippen MR) is 54.4 cm³/mol. The number of carboxylic acid groups (broad SMARTS) is 1. The van der Waals surface area contributed by atoms with Gasteiger partial charge in [0.15, 0.2) is 0 Å². The lowest BCUT2D eigenvalue weighted by Gasteiger charge is -2.14. The third-order valence-corrected chi connectivity index (χ3v) is 3.34. The molecule has 0 unspecified atom stereocenters. The van der Waals surface area contributed by atoms with Crippen LogP contribution in [-0.2, 0) is 4.79 Å². The van der Waals surface area contributed by atoms with E-state index in [9.17, 15) is 4.79 Å². The Morgan fingerprint density at radius 2 is 1.57 bits per heavy atom. The fourth-order valence-electron chi connectivity index (χ4n) is 2.59. The highest BCUT2D eigenvalue weighted by molar-refractivity contribution is 5.74. The zero-order valence-electron chi connectivity index (χ0n) is 8.40. The summed E-state index contributed by atoms with van der Waals surface area (Å²) in [6.45, 7) is 4.00. The second kappa shape index (κ2) is 3.12. The first kappa shape index (κ1) is 9.25. The highest BCUT2D eigenvalue weighted by atomic mass is 16.4. The SMILES string of the molecule is C[C@@H]1c2ccccc2[C@@H](C)C1C(=O)O. The van der Waals surface area contributed by atoms with E-state index in [1.54, 1.807) is 0 Å². The van der Waals surface area contributed by atoms with E-state index in [0.29, 0.717) is 0 Å². The van der Waals surface area contributed by atoms with Crippen LogP contribution in [0.25, 0.3) is 0 Å². The van der Waals surface area contributed by atoms with E-state index < -0.39 is 5.97 Å². The molecule has 14 heavy (non-hydrogen) atoms. The largest absolute Gasteiger partial charge is 0.481 e. The summed E-state index contributed by atoms with van der Waals surface area (Å²) in [6.07, 6.45) is 0. The molecule has 1 aliphatic rings. The van der Waals surface area contributed by atoms with Crippen molar-refractivity contribution in [1.29, 1.82) is 0 Å². The van der Waals surface area contributed by atoms with Crippen LogP contribution < -0.4 is 0 Å². The third kappa shape index (κ3) is 1.14. The first-order valence-corrected chi connectivity index (χ1v) is 4.94. The first-order valence-electron chi connectivity index (χ1n) is 4.94. The van der Waals surface area contributed by atoms with Gasteiger partial charge in [0, 0.05) is 0 Å². The number of hydrogen-bond acceptors (Lipinski definition) is 1. The molecule has 0 amide bonds. The van der Waals surface area contributed by atoms with Gasteiger partial charge in [-0.25, -0.2) is 0 Å². The Morgan fingerprint density at radius 3 is 1.93 bits per heavy atom. The van der Waals surface area contributed by atoms with Crippen LogP contribution in [0.2, 0.25) is 0 Å². The van der Waals surface area contributed by atoms with Crippen molar-refractivity contribution in [3.05, 3.63) is 35.4 Å². The van der Waals surface area contributed by atoms with Crippen molar-refractivity contribution >= 4 is 5.97 Å². The molecular weight excluding hydrogens is 176 g/mol. The van der Waals surface area contributed by atoms with Gasteiger partial charge in [-0.15, -0.1) is 0 Å². The van der Waals surface area contributed by atoms with Gasteiger partial charge in [-0.05, 0) is 23.0 Å². The van der Waals surface area contributed by atoms with Gasteiger partial charge in [-0.3, -0.25) is 4.79 Å². The monoisotopic (exact) mass is 190 g/mol. The summed E-state index contributed by atoms with van der Waals surface area (Å²) in [5, 5.41) is 9.13. The third-order valence-electron chi connectivity index (χ3n) is 3.34. The van der Waals surface area contributed by atoms with Crippen molar-refractivity contribution in [2.75, 3.05) is 0 Å². The Hall–Kier alpha value is -1.31. The van der Waals surface area contributed by atoms with Crippen molar-refractivity contribution in [1.82, 2.24) is 0 Å². The smallest absolute Gasteiger partial charge is 0.307 e. The van der Waals surface area contributed by atoms with Crippen LogP contribution >= 0.6 is 0 Å². The van der Waals surface area contributed by atoms with E-state index in [2.05, 4.69) is 0 Å². The first-order chi connectivity index (χ1) is 6.63. The molecule has 0 heterocycles. The van der Waals surface area contributed by atoms with Gasteiger partial charge < -0.3 is 5.11 Å². The van der Waals surface area contributed by atoms with E-state index >= 15 is 0 Å². The molecule has 74 valence electrons. The van der Waals surface area contributed by atoms with Gasteiger partial charge in [0.05, 0.1) is 5.92 Å². The second-order valence-electron chi connectivity index (χ2n) is 4.07. The maximum atomic E-state index is 11.1. The summed E-state index contributed by atoms with van der Waals surface area (Å²) in [5.74, 6) is -0.661. The Bertz CT molecular complexity index is 341. The number of rotatable bonds is 1. The molecule has 2 heteroatoms. The van der Waals surface area contributed by atoms with Crippen LogP contribution in [0.15, 0.2) is 24.3 Å². The van der Waals surface area contributed by atoms with Crippen LogP contribution in [0.4, 0.5) is 0 Å². The van der Waals surface area contributed by atoms with Crippen LogP contribution in [0.3, 0.4) is 0 Å². The van der Waals surface area contributed by atoms with Gasteiger partial charge in [0.2, 0.25) is 0 Å². The highest BCUT2D eigenvalue weighted by Gasteiger charge is 2.39. The number of fused-ring (bicyclic) bond motifs is 1. The molecule has 0 aromatic heterocycles. The highest BCUT2D eigenvalue weighted by Crippen LogP contribution is 2.45. The zero-order valence-corrected chi connectivity index (χ0v) is 8.40. The number of hydrogen-bond donors (Lipinski definition) is 1. The molecule has 2 nitrogen and oxygen atoms in total. The van der Waals surface area contributed by atoms with E-state index in [1.807, 2.05) is 38.1 Å². The second-order valence-corrected chi connectivity index (χ2v) is 4.07. The van der Waals surface area contributed by atoms with E-state index in [1.165, 1.54) is 11.1 Å². The summed E-state index contributed by atoms with van der Waals surface area (Å²) < 4.78 is 0. The standard InChI is InChI=1S/C12H14O2/c1-7-9-5-3-4-6-10(9)8(2)11(7)12(13)14/h3-8,11H,1-2H3,(H,13,14)/t7-,8-/m1/s1. The molecule has 0 bridgehead atoms. The normalized spacial score (nSPS) is 26.1. The molecule has 2 atom stereocenters. The quantitative estimate of drug-likeness (QED) is 0.739. The molecule has 0 spiro atoms. The van der Waals surface area contributed by atoms with E-state index in [4.69, 9.17) is 5.11 Å². The molecule has 0 saturated carbocycles. The molecule has 0 fully saturated rings. The lowest BCUT2D eigenvalue weighted by Crippen LogP contribution is -2.19. The van der Waals surface area contributed by atoms with Gasteiger partial charge >= 0.3 is 5.97 Å². The van der Waals surface area contributed by atoms with Gasteiger partial charge in [0.1, 0.15) is 0 Å². The molecule has 0 radical (unpaired) electrons. The van der Waals surface area contributed by atoms with Crippen molar-refractivity contribution in [2.45, 2.75) is 25.7 Å². The summed E-state index contributed by atoms with van der Waals surface area (Å²) in [7, 11) is 0. The fourth-order valence-corrected chi connectivity index (χ4v) is 2.59. The Labute approximate surface area is 83.6 Å². The van der Waals surface area contributed by atoms with Crippen LogP contribution in [0, 0.1) is 5.92 Å². The Balaban J connectivity index is 2.48. The molecule has 2 rings (SSSR count). The molecule has 1 N–H and O–H groups in total. The fraction of sp³-hybridized carbons (Fsp3) is 0.417. The predicted octanol–water partition coefficient (Wildman–Crippen LogP) is 2.61. The Morgan fingerprint density at radius 1 is 1.14 bits per heavy atom. The average molecular weight is 190 g/mol. The van der Waals surface area contributed by atoms with E-state index in [0.717, 1.165) is 0 Å². The zero-order chi connectivity index (χ0) is 10.3. The summed E-state index contributed by atoms with van der Waals surface area (Å²) >= 11 is 0. The molecular formula is C12H14O2. The summed E-state index contributed by atoms with van der Waals surface area (Å²) in [5.41, 5.74) is 2.40. The van der Waals surface area contributed by atoms with Crippen molar-refractivity contribution in [3.8, 4) is 0 Å². The maximum absolute atomic E-state index is 11.1. The Kier molecular flexibility index (Phi) is 2.06. The van der Waals surface area contributed by atoms with Gasteiger partial charge in [-0.2, -0.15) is 0 Å². The molecule has 0 aliphatic heterocycles. The number of carbonyl (C=O) groups is 1. The lowest BCUT2D eigenvalue weighted by molar-refractivity contribution is -0.142. The van der Waals surface area contributed by atoms with Crippen LogP contribution in [0.1, 0.15) is 36.8 Å². The van der Waals surface area contributed by atoms with Crippen molar-refractivity contribution < 1.29 is 9.90 Å². The van der Waals surface area contributed by atoms with E-state index in [-0.39, 0.29) is 17.8 Å². The number of aliphatic carboxylic acids is 1. The van der Waals surface area contributed by atoms with Gasteiger partial charge in [0.25, 0.3) is 0 Å². The van der Waals surface area contributed by atoms with Crippen molar-refractivity contribution in [3.63, 3.8) is 0 Å². The molecule has 0 saturated heterocycles. The minimum atomic E-state index is -0.679.